The molecule has 0 saturated carbocycles. The average Bonchev–Trinajstić information content (AvgIpc) is 3.35. The number of allylic oxidation sites excluding steroid dienone is 5. The van der Waals surface area contributed by atoms with Gasteiger partial charge in [0.1, 0.15) is 0 Å². The van der Waals surface area contributed by atoms with Crippen LogP contribution in [-0.4, -0.2) is 47.4 Å². The molecule has 0 rings (SSSR count). The van der Waals surface area contributed by atoms with Gasteiger partial charge in [-0.1, -0.05) is 288 Å². The quantitative estimate of drug-likeness (QED) is 0.0321. The van der Waals surface area contributed by atoms with Crippen LogP contribution in [0.4, 0.5) is 0 Å². The van der Waals surface area contributed by atoms with E-state index >= 15 is 0 Å². The van der Waals surface area contributed by atoms with Crippen LogP contribution in [-0.2, 0) is 14.3 Å². The Balaban J connectivity index is 3.45. The number of unbranched alkanes of at least 4 members (excludes halogenated alkanes) is 42. The number of ether oxygens (including phenoxy) is 1. The van der Waals surface area contributed by atoms with Gasteiger partial charge in [0.15, 0.2) is 0 Å². The van der Waals surface area contributed by atoms with E-state index in [9.17, 15) is 19.8 Å². The van der Waals surface area contributed by atoms with Gasteiger partial charge >= 0.3 is 5.97 Å². The van der Waals surface area contributed by atoms with Gasteiger partial charge in [-0.15, -0.1) is 0 Å². The van der Waals surface area contributed by atoms with E-state index in [1.54, 1.807) is 6.08 Å². The van der Waals surface area contributed by atoms with Crippen LogP contribution in [0.1, 0.15) is 328 Å². The molecule has 0 spiro atoms. The number of nitrogens with one attached hydrogen (secondary N) is 1. The van der Waals surface area contributed by atoms with Crippen molar-refractivity contribution < 1.29 is 24.5 Å². The zero-order valence-corrected chi connectivity index (χ0v) is 46.3. The number of esters is 1. The highest BCUT2D eigenvalue weighted by atomic mass is 16.5. The largest absolute Gasteiger partial charge is 0.466 e. The molecule has 0 aromatic rings. The highest BCUT2D eigenvalue weighted by molar-refractivity contribution is 5.76. The van der Waals surface area contributed by atoms with Crippen molar-refractivity contribution >= 4 is 11.9 Å². The highest BCUT2D eigenvalue weighted by Gasteiger charge is 2.18. The molecule has 0 aromatic heterocycles. The van der Waals surface area contributed by atoms with E-state index in [0.717, 1.165) is 51.4 Å². The van der Waals surface area contributed by atoms with Crippen LogP contribution < -0.4 is 5.32 Å². The Morgan fingerprint density at radius 1 is 0.406 bits per heavy atom. The number of amides is 1. The molecule has 69 heavy (non-hydrogen) atoms. The third-order valence-corrected chi connectivity index (χ3v) is 14.2. The van der Waals surface area contributed by atoms with Crippen molar-refractivity contribution in [3.05, 3.63) is 36.5 Å². The van der Waals surface area contributed by atoms with Gasteiger partial charge in [0.05, 0.1) is 25.4 Å². The van der Waals surface area contributed by atoms with Gasteiger partial charge in [-0.2, -0.15) is 0 Å². The van der Waals surface area contributed by atoms with Gasteiger partial charge in [0.25, 0.3) is 0 Å². The summed E-state index contributed by atoms with van der Waals surface area (Å²) in [6, 6.07) is -0.633. The second-order valence-electron chi connectivity index (χ2n) is 21.0. The molecule has 2 unspecified atom stereocenters. The van der Waals surface area contributed by atoms with Crippen LogP contribution in [0, 0.1) is 0 Å². The second-order valence-corrected chi connectivity index (χ2v) is 21.0. The third kappa shape index (κ3) is 55.2. The molecule has 0 fully saturated rings. The Hall–Kier alpha value is -1.92. The molecular formula is C63H119NO5. The number of carbonyl (C=O) groups excluding carboxylic acids is 2. The van der Waals surface area contributed by atoms with Crippen molar-refractivity contribution in [3.8, 4) is 0 Å². The van der Waals surface area contributed by atoms with Crippen LogP contribution in [0.3, 0.4) is 0 Å². The van der Waals surface area contributed by atoms with Crippen molar-refractivity contribution in [3.63, 3.8) is 0 Å². The molecule has 406 valence electrons. The van der Waals surface area contributed by atoms with Crippen LogP contribution in [0.15, 0.2) is 36.5 Å². The van der Waals surface area contributed by atoms with Crippen LogP contribution in [0.5, 0.6) is 0 Å². The van der Waals surface area contributed by atoms with Crippen LogP contribution in [0.2, 0.25) is 0 Å². The van der Waals surface area contributed by atoms with E-state index in [4.69, 9.17) is 4.74 Å². The van der Waals surface area contributed by atoms with Crippen molar-refractivity contribution in [2.75, 3.05) is 13.2 Å². The topological polar surface area (TPSA) is 95.9 Å². The first kappa shape index (κ1) is 67.1. The molecule has 0 heterocycles. The number of carbonyl (C=O) groups is 2. The van der Waals surface area contributed by atoms with E-state index in [1.807, 2.05) is 6.08 Å². The summed E-state index contributed by atoms with van der Waals surface area (Å²) in [4.78, 5) is 24.6. The van der Waals surface area contributed by atoms with E-state index in [0.29, 0.717) is 19.4 Å². The Labute approximate surface area is 430 Å². The van der Waals surface area contributed by atoms with E-state index in [2.05, 4.69) is 43.5 Å². The Morgan fingerprint density at radius 2 is 0.725 bits per heavy atom. The summed E-state index contributed by atoms with van der Waals surface area (Å²) in [5.41, 5.74) is 0. The zero-order chi connectivity index (χ0) is 50.0. The molecule has 0 aliphatic rings. The summed E-state index contributed by atoms with van der Waals surface area (Å²) in [5, 5.41) is 23.2. The Morgan fingerprint density at radius 3 is 1.12 bits per heavy atom. The molecule has 0 aromatic carbocycles. The fraction of sp³-hybridized carbons (Fsp3) is 0.873. The fourth-order valence-electron chi connectivity index (χ4n) is 9.43. The molecule has 0 aliphatic carbocycles. The molecule has 0 bridgehead atoms. The second kappa shape index (κ2) is 58.6. The SMILES string of the molecule is CCCCCC/C=C\C/C=C\CCCCCCCC(=O)OCCCCCCCCCCCCCCCCCCCC(=O)NC(CO)C(O)/C=C/CCCCCCCCCCCCCCCCCCC. The fourth-order valence-corrected chi connectivity index (χ4v) is 9.43. The normalized spacial score (nSPS) is 12.8. The maximum atomic E-state index is 12.5. The summed E-state index contributed by atoms with van der Waals surface area (Å²) in [6.07, 6.45) is 73.1. The van der Waals surface area contributed by atoms with Gasteiger partial charge < -0.3 is 20.3 Å². The number of aliphatic hydroxyl groups is 2. The van der Waals surface area contributed by atoms with Gasteiger partial charge in [0, 0.05) is 12.8 Å². The summed E-state index contributed by atoms with van der Waals surface area (Å²) in [7, 11) is 0. The smallest absolute Gasteiger partial charge is 0.305 e. The number of hydrogen-bond donors (Lipinski definition) is 3. The molecule has 3 N–H and O–H groups in total. The van der Waals surface area contributed by atoms with Crippen molar-refractivity contribution in [2.24, 2.45) is 0 Å². The number of rotatable bonds is 57. The average molecular weight is 971 g/mol. The standard InChI is InChI=1S/C63H119NO5/c1-3-5-7-9-11-13-15-17-19-21-22-24-27-31-35-39-43-47-51-55-61(66)60(59-65)64-62(67)56-52-48-44-40-36-32-28-25-23-26-30-34-38-42-46-50-54-58-69-63(68)57-53-49-45-41-37-33-29-20-18-16-14-12-10-8-6-4-2/h14,16,20,29,51,55,60-61,65-66H,3-13,15,17-19,21-28,30-50,52-54,56-59H2,1-2H3,(H,64,67)/b16-14-,29-20-,55-51+. The monoisotopic (exact) mass is 970 g/mol. The minimum absolute atomic E-state index is 0.00878. The maximum absolute atomic E-state index is 12.5. The molecule has 1 amide bonds. The minimum atomic E-state index is -0.849. The zero-order valence-electron chi connectivity index (χ0n) is 46.3. The van der Waals surface area contributed by atoms with Gasteiger partial charge in [0.2, 0.25) is 5.91 Å². The van der Waals surface area contributed by atoms with E-state index in [1.165, 1.54) is 250 Å². The Kier molecular flexibility index (Phi) is 57.0. The van der Waals surface area contributed by atoms with Gasteiger partial charge in [-0.05, 0) is 64.2 Å². The molecule has 2 atom stereocenters. The van der Waals surface area contributed by atoms with E-state index < -0.39 is 12.1 Å². The lowest BCUT2D eigenvalue weighted by molar-refractivity contribution is -0.143. The molecule has 0 radical (unpaired) electrons. The lowest BCUT2D eigenvalue weighted by Crippen LogP contribution is -2.45. The number of hydrogen-bond acceptors (Lipinski definition) is 5. The maximum Gasteiger partial charge on any atom is 0.305 e. The highest BCUT2D eigenvalue weighted by Crippen LogP contribution is 2.17. The summed E-state index contributed by atoms with van der Waals surface area (Å²) < 4.78 is 5.48. The number of aliphatic hydroxyl groups excluding tert-OH is 2. The van der Waals surface area contributed by atoms with Crippen molar-refractivity contribution in [1.29, 1.82) is 0 Å². The van der Waals surface area contributed by atoms with Gasteiger partial charge in [-0.25, -0.2) is 0 Å². The first-order valence-electron chi connectivity index (χ1n) is 30.8. The Bertz CT molecular complexity index is 1120. The van der Waals surface area contributed by atoms with Crippen molar-refractivity contribution in [1.82, 2.24) is 5.32 Å². The summed E-state index contributed by atoms with van der Waals surface area (Å²) in [6.45, 7) is 4.89. The predicted molar refractivity (Wildman–Crippen MR) is 301 cm³/mol. The first-order valence-corrected chi connectivity index (χ1v) is 30.8. The first-order chi connectivity index (χ1) is 34.0. The van der Waals surface area contributed by atoms with E-state index in [-0.39, 0.29) is 18.5 Å². The summed E-state index contributed by atoms with van der Waals surface area (Å²) in [5.74, 6) is -0.0804. The molecule has 6 heteroatoms. The van der Waals surface area contributed by atoms with Crippen LogP contribution >= 0.6 is 0 Å². The lowest BCUT2D eigenvalue weighted by atomic mass is 10.0. The molecule has 0 saturated heterocycles. The lowest BCUT2D eigenvalue weighted by Gasteiger charge is -2.20. The summed E-state index contributed by atoms with van der Waals surface area (Å²) >= 11 is 0. The van der Waals surface area contributed by atoms with Crippen LogP contribution in [0.25, 0.3) is 0 Å². The molecule has 0 aliphatic heterocycles. The minimum Gasteiger partial charge on any atom is -0.466 e. The predicted octanol–water partition coefficient (Wildman–Crippen LogP) is 19.2. The van der Waals surface area contributed by atoms with Gasteiger partial charge in [-0.3, -0.25) is 9.59 Å². The third-order valence-electron chi connectivity index (χ3n) is 14.2. The molecule has 6 nitrogen and oxygen atoms in total. The molecular weight excluding hydrogens is 851 g/mol. The van der Waals surface area contributed by atoms with Crippen molar-refractivity contribution in [2.45, 2.75) is 341 Å².